The van der Waals surface area contributed by atoms with Gasteiger partial charge in [0.25, 0.3) is 0 Å². The second kappa shape index (κ2) is 6.97. The van der Waals surface area contributed by atoms with Gasteiger partial charge in [-0.05, 0) is 29.9 Å². The molecule has 89 valence electrons. The average molecular weight is 249 g/mol. The van der Waals surface area contributed by atoms with Gasteiger partial charge < -0.3 is 0 Å². The number of allylic oxidation sites excluding steroid dienone is 1. The summed E-state index contributed by atoms with van der Waals surface area (Å²) in [5.74, 6) is 0.535. The zero-order chi connectivity index (χ0) is 12.6. The molecule has 0 saturated heterocycles. The summed E-state index contributed by atoms with van der Waals surface area (Å²) < 4.78 is 0. The minimum atomic E-state index is 0.535. The Kier molecular flexibility index (Phi) is 4.97. The van der Waals surface area contributed by atoms with Crippen LogP contribution in [0.25, 0.3) is 0 Å². The first-order valence-electron chi connectivity index (χ1n) is 6.30. The van der Waals surface area contributed by atoms with Crippen LogP contribution in [0.3, 0.4) is 0 Å². The van der Waals surface area contributed by atoms with Gasteiger partial charge in [-0.25, -0.2) is 0 Å². The zero-order valence-electron chi connectivity index (χ0n) is 10.4. The van der Waals surface area contributed by atoms with E-state index in [4.69, 9.17) is 0 Å². The van der Waals surface area contributed by atoms with E-state index in [0.717, 1.165) is 12.8 Å². The van der Waals surface area contributed by atoms with Crippen molar-refractivity contribution < 1.29 is 0 Å². The highest BCUT2D eigenvalue weighted by Gasteiger charge is 2.06. The quantitative estimate of drug-likeness (QED) is 0.708. The Hall–Kier alpha value is -1.60. The van der Waals surface area contributed by atoms with Crippen molar-refractivity contribution in [1.82, 2.24) is 0 Å². The van der Waals surface area contributed by atoms with E-state index in [1.165, 1.54) is 11.1 Å². The summed E-state index contributed by atoms with van der Waals surface area (Å²) in [6, 6.07) is 21.3. The molecule has 0 nitrogen and oxygen atoms in total. The molecule has 2 aromatic rings. The monoisotopic (exact) mass is 249 g/mol. The first-order valence-corrected chi connectivity index (χ1v) is 6.88. The van der Waals surface area contributed by atoms with Crippen LogP contribution in [0.4, 0.5) is 0 Å². The van der Waals surface area contributed by atoms with Crippen LogP contribution in [-0.2, 0) is 12.8 Å². The average Bonchev–Trinajstić information content (AvgIpc) is 2.41. The van der Waals surface area contributed by atoms with Gasteiger partial charge in [-0.15, -0.1) is 5.70 Å². The predicted octanol–water partition coefficient (Wildman–Crippen LogP) is 3.77. The standard InChI is InChI=1S/C17H17Si/c18-12-11-17(13-15-7-3-1-4-8-15)14-16-9-5-2-6-10-16/h1-12,17H,13-14H2. The van der Waals surface area contributed by atoms with Crippen LogP contribution in [-0.4, -0.2) is 10.2 Å². The molecular formula is C17H17Si. The highest BCUT2D eigenvalue weighted by molar-refractivity contribution is 6.16. The summed E-state index contributed by atoms with van der Waals surface area (Å²) in [6.07, 6.45) is 4.39. The summed E-state index contributed by atoms with van der Waals surface area (Å²) in [4.78, 5) is 0. The largest absolute Gasteiger partial charge is 0.106 e. The first-order chi connectivity index (χ1) is 8.88. The lowest BCUT2D eigenvalue weighted by atomic mass is 9.93. The van der Waals surface area contributed by atoms with Crippen molar-refractivity contribution in [1.29, 1.82) is 0 Å². The third kappa shape index (κ3) is 4.01. The van der Waals surface area contributed by atoms with Gasteiger partial charge in [-0.3, -0.25) is 0 Å². The molecule has 0 heterocycles. The van der Waals surface area contributed by atoms with Gasteiger partial charge in [-0.1, -0.05) is 66.7 Å². The normalized spacial score (nSPS) is 11.2. The molecule has 0 N–H and O–H groups in total. The van der Waals surface area contributed by atoms with Crippen molar-refractivity contribution in [3.63, 3.8) is 0 Å². The molecule has 1 heteroatoms. The Morgan fingerprint density at radius 2 is 1.22 bits per heavy atom. The molecule has 0 fully saturated rings. The predicted molar refractivity (Wildman–Crippen MR) is 78.7 cm³/mol. The molecule has 2 aromatic carbocycles. The van der Waals surface area contributed by atoms with E-state index >= 15 is 0 Å². The van der Waals surface area contributed by atoms with Crippen molar-refractivity contribution in [2.75, 3.05) is 0 Å². The van der Waals surface area contributed by atoms with Gasteiger partial charge in [-0.2, -0.15) is 0 Å². The fourth-order valence-corrected chi connectivity index (χ4v) is 2.45. The van der Waals surface area contributed by atoms with E-state index in [0.29, 0.717) is 5.92 Å². The van der Waals surface area contributed by atoms with E-state index < -0.39 is 0 Å². The second-order valence-electron chi connectivity index (χ2n) is 4.50. The van der Waals surface area contributed by atoms with Crippen molar-refractivity contribution in [3.8, 4) is 0 Å². The van der Waals surface area contributed by atoms with Crippen LogP contribution in [0.1, 0.15) is 11.1 Å². The van der Waals surface area contributed by atoms with Gasteiger partial charge in [0, 0.05) is 0 Å². The maximum absolute atomic E-state index is 3.44. The van der Waals surface area contributed by atoms with Crippen LogP contribution in [0, 0.1) is 5.92 Å². The van der Waals surface area contributed by atoms with Crippen molar-refractivity contribution in [3.05, 3.63) is 83.6 Å². The molecule has 0 amide bonds. The van der Waals surface area contributed by atoms with E-state index in [1.807, 2.05) is 5.70 Å². The highest BCUT2D eigenvalue weighted by Crippen LogP contribution is 2.15. The Morgan fingerprint density at radius 1 is 0.778 bits per heavy atom. The fourth-order valence-electron chi connectivity index (χ4n) is 2.18. The minimum Gasteiger partial charge on any atom is -0.106 e. The molecule has 2 rings (SSSR count). The van der Waals surface area contributed by atoms with Crippen LogP contribution in [0.2, 0.25) is 0 Å². The first kappa shape index (κ1) is 12.8. The number of rotatable bonds is 5. The molecule has 3 radical (unpaired) electrons. The van der Waals surface area contributed by atoms with Crippen LogP contribution in [0.5, 0.6) is 0 Å². The van der Waals surface area contributed by atoms with Crippen LogP contribution >= 0.6 is 0 Å². The SMILES string of the molecule is [Si]C=CC(Cc1ccccc1)Cc1ccccc1. The van der Waals surface area contributed by atoms with Gasteiger partial charge in [0.1, 0.15) is 0 Å². The van der Waals surface area contributed by atoms with E-state index in [9.17, 15) is 0 Å². The van der Waals surface area contributed by atoms with Crippen molar-refractivity contribution in [2.45, 2.75) is 12.8 Å². The summed E-state index contributed by atoms with van der Waals surface area (Å²) in [5, 5.41) is 0. The lowest BCUT2D eigenvalue weighted by molar-refractivity contribution is 0.645. The van der Waals surface area contributed by atoms with E-state index in [1.54, 1.807) is 0 Å². The second-order valence-corrected chi connectivity index (χ2v) is 4.83. The Morgan fingerprint density at radius 3 is 1.61 bits per heavy atom. The Bertz CT molecular complexity index is 432. The molecule has 18 heavy (non-hydrogen) atoms. The molecule has 0 aliphatic carbocycles. The van der Waals surface area contributed by atoms with Crippen LogP contribution in [0.15, 0.2) is 72.4 Å². The molecule has 0 aliphatic heterocycles. The molecule has 0 saturated carbocycles. The summed E-state index contributed by atoms with van der Waals surface area (Å²) >= 11 is 0. The highest BCUT2D eigenvalue weighted by atomic mass is 28.1. The third-order valence-electron chi connectivity index (χ3n) is 3.05. The third-order valence-corrected chi connectivity index (χ3v) is 3.24. The van der Waals surface area contributed by atoms with Gasteiger partial charge in [0.15, 0.2) is 0 Å². The van der Waals surface area contributed by atoms with Gasteiger partial charge in [0.2, 0.25) is 0 Å². The molecular weight excluding hydrogens is 232 g/mol. The smallest absolute Gasteiger partial charge is 0.0596 e. The Balaban J connectivity index is 2.05. The molecule has 0 spiro atoms. The van der Waals surface area contributed by atoms with E-state index in [-0.39, 0.29) is 0 Å². The van der Waals surface area contributed by atoms with Gasteiger partial charge >= 0.3 is 0 Å². The van der Waals surface area contributed by atoms with Crippen molar-refractivity contribution in [2.24, 2.45) is 5.92 Å². The topological polar surface area (TPSA) is 0 Å². The number of benzene rings is 2. The van der Waals surface area contributed by atoms with Crippen LogP contribution < -0.4 is 0 Å². The molecule has 0 aromatic heterocycles. The lowest BCUT2D eigenvalue weighted by Gasteiger charge is -2.13. The molecule has 0 aliphatic rings. The maximum Gasteiger partial charge on any atom is 0.0596 e. The summed E-state index contributed by atoms with van der Waals surface area (Å²) in [7, 11) is 3.44. The molecule has 0 bridgehead atoms. The fraction of sp³-hybridized carbons (Fsp3) is 0.176. The zero-order valence-corrected chi connectivity index (χ0v) is 11.4. The number of hydrogen-bond acceptors (Lipinski definition) is 0. The Labute approximate surface area is 113 Å². The molecule has 0 unspecified atom stereocenters. The maximum atomic E-state index is 3.44. The molecule has 0 atom stereocenters. The minimum absolute atomic E-state index is 0.535. The van der Waals surface area contributed by atoms with Gasteiger partial charge in [0.05, 0.1) is 10.2 Å². The summed E-state index contributed by atoms with van der Waals surface area (Å²) in [6.45, 7) is 0. The van der Waals surface area contributed by atoms with Crippen molar-refractivity contribution >= 4 is 10.2 Å². The number of hydrogen-bond donors (Lipinski definition) is 0. The lowest BCUT2D eigenvalue weighted by Crippen LogP contribution is -2.05. The van der Waals surface area contributed by atoms with E-state index in [2.05, 4.69) is 77.0 Å². The summed E-state index contributed by atoms with van der Waals surface area (Å²) in [5.41, 5.74) is 4.75.